The molecule has 0 saturated carbocycles. The van der Waals surface area contributed by atoms with Crippen LogP contribution in [-0.2, 0) is 17.8 Å². The number of nitrogen functional groups attached to an aromatic ring is 1. The Morgan fingerprint density at radius 2 is 1.07 bits per heavy atom. The largest absolute Gasteiger partial charge is 0.453 e. The number of amides is 1. The van der Waals surface area contributed by atoms with Crippen LogP contribution in [0.25, 0.3) is 0 Å². The number of pyridine rings is 2. The Kier molecular flexibility index (Phi) is 15.2. The monoisotopic (exact) mass is 946 g/mol. The summed E-state index contributed by atoms with van der Waals surface area (Å²) in [5.74, 6) is 2.26. The lowest BCUT2D eigenvalue weighted by atomic mass is 10.2. The first kappa shape index (κ1) is 46.8. The van der Waals surface area contributed by atoms with Crippen LogP contribution in [0.2, 0.25) is 10.0 Å². The summed E-state index contributed by atoms with van der Waals surface area (Å²) in [4.78, 5) is 54.2. The summed E-state index contributed by atoms with van der Waals surface area (Å²) in [7, 11) is 1.20. The molecular weight excluding hydrogens is 912 g/mol. The molecule has 8 aromatic rings. The first-order valence-electron chi connectivity index (χ1n) is 20.1. The van der Waals surface area contributed by atoms with Gasteiger partial charge >= 0.3 is 6.09 Å². The van der Waals surface area contributed by atoms with E-state index in [0.717, 1.165) is 11.1 Å². The zero-order chi connectivity index (χ0) is 48.0. The number of anilines is 6. The lowest BCUT2D eigenvalue weighted by Crippen LogP contribution is -2.28. The maximum absolute atomic E-state index is 13.1. The zero-order valence-electron chi connectivity index (χ0n) is 35.6. The molecule has 0 unspecified atom stereocenters. The fraction of sp³-hybridized carbons (Fsp3) is 0.0625. The number of benzene rings is 4. The highest BCUT2D eigenvalue weighted by molar-refractivity contribution is 6.30. The summed E-state index contributed by atoms with van der Waals surface area (Å²) in [6, 6.07) is 42.0. The van der Waals surface area contributed by atoms with Gasteiger partial charge in [0.15, 0.2) is 0 Å². The van der Waals surface area contributed by atoms with Crippen molar-refractivity contribution < 1.29 is 19.0 Å². The molecule has 0 spiro atoms. The molecule has 0 fully saturated rings. The quantitative estimate of drug-likeness (QED) is 0.0840. The maximum atomic E-state index is 13.1. The molecule has 8 rings (SSSR count). The Bertz CT molecular complexity index is 3270. The van der Waals surface area contributed by atoms with Crippen molar-refractivity contribution in [2.75, 3.05) is 28.8 Å². The van der Waals surface area contributed by atoms with Crippen molar-refractivity contribution in [3.8, 4) is 35.4 Å². The van der Waals surface area contributed by atoms with E-state index in [1.807, 2.05) is 24.3 Å². The first-order valence-corrected chi connectivity index (χ1v) is 20.9. The Morgan fingerprint density at radius 3 is 1.51 bits per heavy atom. The van der Waals surface area contributed by atoms with E-state index in [2.05, 4.69) is 40.6 Å². The van der Waals surface area contributed by atoms with Crippen LogP contribution < -0.4 is 42.3 Å². The lowest BCUT2D eigenvalue weighted by Gasteiger charge is -2.15. The third-order valence-electron chi connectivity index (χ3n) is 9.39. The molecule has 18 nitrogen and oxygen atoms in total. The maximum Gasteiger partial charge on any atom is 0.411 e. The molecule has 0 aliphatic rings. The van der Waals surface area contributed by atoms with Crippen molar-refractivity contribution in [2.24, 2.45) is 0 Å². The van der Waals surface area contributed by atoms with E-state index in [1.165, 1.54) is 28.6 Å². The van der Waals surface area contributed by atoms with Crippen LogP contribution in [0.1, 0.15) is 22.5 Å². The van der Waals surface area contributed by atoms with Crippen LogP contribution in [0.15, 0.2) is 155 Å². The second kappa shape index (κ2) is 22.1. The van der Waals surface area contributed by atoms with Crippen molar-refractivity contribution in [1.82, 2.24) is 29.1 Å². The summed E-state index contributed by atoms with van der Waals surface area (Å²) in [6.07, 6.45) is 1.80. The number of nitrogens with zero attached hydrogens (tertiary/aromatic N) is 8. The van der Waals surface area contributed by atoms with Crippen molar-refractivity contribution in [2.45, 2.75) is 13.1 Å². The number of aromatic nitrogens is 6. The first-order chi connectivity index (χ1) is 33.0. The predicted octanol–water partition coefficient (Wildman–Crippen LogP) is 9.26. The molecular formula is C48H36Cl2N12O6. The van der Waals surface area contributed by atoms with Gasteiger partial charge in [-0.25, -0.2) is 24.7 Å². The van der Waals surface area contributed by atoms with Crippen LogP contribution in [0.4, 0.5) is 39.4 Å². The molecule has 338 valence electrons. The van der Waals surface area contributed by atoms with Gasteiger partial charge in [0.2, 0.25) is 23.7 Å². The molecule has 0 saturated heterocycles. The minimum absolute atomic E-state index is 0.0304. The molecule has 4 heterocycles. The highest BCUT2D eigenvalue weighted by atomic mass is 35.5. The van der Waals surface area contributed by atoms with Gasteiger partial charge in [-0.3, -0.25) is 24.0 Å². The van der Waals surface area contributed by atoms with Crippen LogP contribution in [-0.4, -0.2) is 42.3 Å². The Labute approximate surface area is 397 Å². The normalized spacial score (nSPS) is 10.3. The number of nitrogens with one attached hydrogen (secondary N) is 3. The molecule has 20 heteroatoms. The fourth-order valence-electron chi connectivity index (χ4n) is 6.06. The van der Waals surface area contributed by atoms with Crippen molar-refractivity contribution >= 4 is 63.9 Å². The predicted molar refractivity (Wildman–Crippen MR) is 256 cm³/mol. The summed E-state index contributed by atoms with van der Waals surface area (Å²) in [6.45, 7) is 0.447. The van der Waals surface area contributed by atoms with Crippen LogP contribution in [0, 0.1) is 22.7 Å². The minimum Gasteiger partial charge on any atom is -0.453 e. The average molecular weight is 948 g/mol. The van der Waals surface area contributed by atoms with Gasteiger partial charge in [0.05, 0.1) is 32.6 Å². The van der Waals surface area contributed by atoms with Crippen LogP contribution in [0.3, 0.4) is 0 Å². The highest BCUT2D eigenvalue weighted by Crippen LogP contribution is 2.26. The van der Waals surface area contributed by atoms with E-state index < -0.39 is 11.7 Å². The van der Waals surface area contributed by atoms with E-state index in [9.17, 15) is 14.4 Å². The fourth-order valence-corrected chi connectivity index (χ4v) is 6.32. The van der Waals surface area contributed by atoms with E-state index in [0.29, 0.717) is 50.6 Å². The number of carbonyl (C=O) groups is 1. The molecule has 0 bridgehead atoms. The topological polar surface area (TPSA) is 250 Å². The average Bonchev–Trinajstić information content (AvgIpc) is 3.36. The number of hydrogen-bond acceptors (Lipinski definition) is 15. The van der Waals surface area contributed by atoms with Crippen LogP contribution in [0.5, 0.6) is 23.3 Å². The number of hydrogen-bond donors (Lipinski definition) is 4. The number of nitrogens with two attached hydrogens (primary N) is 1. The highest BCUT2D eigenvalue weighted by Gasteiger charge is 2.15. The second-order valence-corrected chi connectivity index (χ2v) is 15.0. The Hall–Kier alpha value is -9.23. The van der Waals surface area contributed by atoms with Gasteiger partial charge in [-0.2, -0.15) is 10.5 Å². The number of methoxy groups -OCH3 is 1. The molecule has 68 heavy (non-hydrogen) atoms. The number of carbonyl (C=O) groups excluding carboxylic acids is 1. The van der Waals surface area contributed by atoms with Gasteiger partial charge in [-0.05, 0) is 96.1 Å². The minimum atomic E-state index is -0.780. The Balaban J connectivity index is 0.000000203. The van der Waals surface area contributed by atoms with Gasteiger partial charge in [0, 0.05) is 33.6 Å². The smallest absolute Gasteiger partial charge is 0.411 e. The Morgan fingerprint density at radius 1 is 0.632 bits per heavy atom. The van der Waals surface area contributed by atoms with Gasteiger partial charge in [0.25, 0.3) is 11.1 Å². The molecule has 0 radical (unpaired) electrons. The molecule has 0 aliphatic heterocycles. The van der Waals surface area contributed by atoms with Crippen LogP contribution >= 0.6 is 23.2 Å². The van der Waals surface area contributed by atoms with E-state index >= 15 is 0 Å². The van der Waals surface area contributed by atoms with E-state index in [1.54, 1.807) is 121 Å². The SMILES string of the molecule is COC(=O)Nc1cnc(Nc2ccc(Oc3cccc(C#N)n3)cc2)n(Cc2ccc(Cl)cc2)c1=O.N#Cc1cccc(Oc2ccc(Nc3ncc(N)c(=O)n3Cc3ccc(Cl)cc3)cc2)n1. The third-order valence-corrected chi connectivity index (χ3v) is 9.90. The number of halogens is 2. The van der Waals surface area contributed by atoms with Gasteiger partial charge in [-0.15, -0.1) is 0 Å². The summed E-state index contributed by atoms with van der Waals surface area (Å²) < 4.78 is 18.8. The third kappa shape index (κ3) is 12.5. The van der Waals surface area contributed by atoms with E-state index in [4.69, 9.17) is 48.9 Å². The number of nitriles is 2. The molecule has 5 N–H and O–H groups in total. The van der Waals surface area contributed by atoms with Gasteiger partial charge in [-0.1, -0.05) is 59.6 Å². The lowest BCUT2D eigenvalue weighted by molar-refractivity contribution is 0.187. The summed E-state index contributed by atoms with van der Waals surface area (Å²) in [5.41, 5.74) is 8.52. The van der Waals surface area contributed by atoms with Crippen molar-refractivity contribution in [1.29, 1.82) is 10.5 Å². The number of rotatable bonds is 13. The van der Waals surface area contributed by atoms with Gasteiger partial charge < -0.3 is 30.6 Å². The summed E-state index contributed by atoms with van der Waals surface area (Å²) in [5, 5.41) is 27.7. The number of ether oxygens (including phenoxy) is 3. The zero-order valence-corrected chi connectivity index (χ0v) is 37.1. The summed E-state index contributed by atoms with van der Waals surface area (Å²) >= 11 is 11.9. The van der Waals surface area contributed by atoms with E-state index in [-0.39, 0.29) is 47.4 Å². The molecule has 0 aliphatic carbocycles. The van der Waals surface area contributed by atoms with Gasteiger partial charge in [0.1, 0.15) is 46.4 Å². The second-order valence-electron chi connectivity index (χ2n) is 14.1. The molecule has 4 aromatic carbocycles. The molecule has 4 aromatic heterocycles. The van der Waals surface area contributed by atoms with Crippen molar-refractivity contribution in [3.05, 3.63) is 199 Å². The molecule has 1 amide bonds. The standard InChI is InChI=1S/C25H19ClN6O4.C23H17ClN6O2/c1-35-25(34)31-21-14-28-24(32(23(21)33)15-16-5-7-17(26)8-6-16)30-18-9-11-20(12-10-18)36-22-4-2-3-19(13-27)29-22;24-16-6-4-15(5-7-16)14-30-22(31)20(26)13-27-23(30)29-17-8-10-19(11-9-17)32-21-3-1-2-18(12-25)28-21/h2-12,14H,15H2,1H3,(H,28,30)(H,31,34);1-11,13H,14,26H2,(H,27,29). The van der Waals surface area contributed by atoms with Crippen molar-refractivity contribution in [3.63, 3.8) is 0 Å². The molecule has 0 atom stereocenters.